The van der Waals surface area contributed by atoms with Crippen LogP contribution in [0, 0.1) is 0 Å². The highest BCUT2D eigenvalue weighted by atomic mass is 15.1. The first-order chi connectivity index (χ1) is 7.56. The van der Waals surface area contributed by atoms with E-state index in [9.17, 15) is 0 Å². The highest BCUT2D eigenvalue weighted by Crippen LogP contribution is 2.18. The molecular formula is C12H16N4. The van der Waals surface area contributed by atoms with Gasteiger partial charge in [0.25, 0.3) is 0 Å². The van der Waals surface area contributed by atoms with Gasteiger partial charge in [-0.1, -0.05) is 0 Å². The summed E-state index contributed by atoms with van der Waals surface area (Å²) in [6, 6.07) is 3.93. The molecule has 0 radical (unpaired) electrons. The van der Waals surface area contributed by atoms with Crippen LogP contribution in [0.4, 0.5) is 0 Å². The maximum Gasteiger partial charge on any atom is 0.0951 e. The third-order valence-corrected chi connectivity index (χ3v) is 2.25. The van der Waals surface area contributed by atoms with Crippen LogP contribution in [0.15, 0.2) is 37.1 Å². The van der Waals surface area contributed by atoms with E-state index in [1.54, 1.807) is 12.5 Å². The van der Waals surface area contributed by atoms with Crippen molar-refractivity contribution >= 4 is 0 Å². The molecule has 0 unspecified atom stereocenters. The molecule has 0 amide bonds. The lowest BCUT2D eigenvalue weighted by Gasteiger charge is -2.20. The lowest BCUT2D eigenvalue weighted by Crippen LogP contribution is -2.37. The summed E-state index contributed by atoms with van der Waals surface area (Å²) in [5.74, 6) is 0. The molecule has 84 valence electrons. The predicted octanol–water partition coefficient (Wildman–Crippen LogP) is 1.68. The Balaban J connectivity index is 2.33. The van der Waals surface area contributed by atoms with E-state index in [1.807, 2.05) is 38.4 Å². The van der Waals surface area contributed by atoms with Crippen LogP contribution in [0.25, 0.3) is 11.3 Å². The monoisotopic (exact) mass is 216 g/mol. The van der Waals surface area contributed by atoms with Gasteiger partial charge in [0.05, 0.1) is 18.2 Å². The summed E-state index contributed by atoms with van der Waals surface area (Å²) >= 11 is 0. The molecule has 4 nitrogen and oxygen atoms in total. The van der Waals surface area contributed by atoms with Crippen molar-refractivity contribution in [2.24, 2.45) is 5.73 Å². The summed E-state index contributed by atoms with van der Waals surface area (Å²) in [7, 11) is 0. The molecule has 2 aromatic rings. The van der Waals surface area contributed by atoms with Crippen LogP contribution in [-0.4, -0.2) is 20.1 Å². The van der Waals surface area contributed by atoms with Gasteiger partial charge in [0.1, 0.15) is 0 Å². The molecule has 2 heterocycles. The molecule has 0 atom stereocenters. The maximum absolute atomic E-state index is 6.01. The molecule has 2 rings (SSSR count). The average Bonchev–Trinajstić information content (AvgIpc) is 2.64. The molecule has 0 saturated heterocycles. The Bertz CT molecular complexity index is 453. The summed E-state index contributed by atoms with van der Waals surface area (Å²) in [5, 5.41) is 0. The van der Waals surface area contributed by atoms with Crippen LogP contribution in [-0.2, 0) is 6.54 Å². The number of imidazole rings is 1. The third kappa shape index (κ3) is 2.46. The van der Waals surface area contributed by atoms with Gasteiger partial charge < -0.3 is 10.3 Å². The van der Waals surface area contributed by atoms with Crippen LogP contribution in [0.1, 0.15) is 13.8 Å². The highest BCUT2D eigenvalue weighted by molar-refractivity contribution is 5.57. The highest BCUT2D eigenvalue weighted by Gasteiger charge is 2.14. The molecule has 4 heteroatoms. The van der Waals surface area contributed by atoms with Gasteiger partial charge in [-0.2, -0.15) is 0 Å². The predicted molar refractivity (Wildman–Crippen MR) is 63.7 cm³/mol. The molecule has 0 fully saturated rings. The third-order valence-electron chi connectivity index (χ3n) is 2.25. The van der Waals surface area contributed by atoms with Gasteiger partial charge >= 0.3 is 0 Å². The van der Waals surface area contributed by atoms with Crippen molar-refractivity contribution in [1.82, 2.24) is 14.5 Å². The van der Waals surface area contributed by atoms with E-state index in [2.05, 4.69) is 14.5 Å². The van der Waals surface area contributed by atoms with E-state index in [4.69, 9.17) is 5.73 Å². The second-order valence-corrected chi connectivity index (χ2v) is 4.64. The Morgan fingerprint density at radius 2 is 2.12 bits per heavy atom. The van der Waals surface area contributed by atoms with Crippen LogP contribution in [0.5, 0.6) is 0 Å². The lowest BCUT2D eigenvalue weighted by molar-refractivity contribution is 0.436. The van der Waals surface area contributed by atoms with Crippen molar-refractivity contribution < 1.29 is 0 Å². The molecule has 16 heavy (non-hydrogen) atoms. The number of hydrogen-bond donors (Lipinski definition) is 1. The van der Waals surface area contributed by atoms with E-state index in [1.165, 1.54) is 0 Å². The van der Waals surface area contributed by atoms with Gasteiger partial charge in [-0.05, 0) is 26.0 Å². The Hall–Kier alpha value is -1.68. The Morgan fingerprint density at radius 1 is 1.31 bits per heavy atom. The first-order valence-corrected chi connectivity index (χ1v) is 5.26. The normalized spacial score (nSPS) is 11.7. The number of nitrogens with two attached hydrogens (primary N) is 1. The molecule has 2 aromatic heterocycles. The van der Waals surface area contributed by atoms with Crippen LogP contribution >= 0.6 is 0 Å². The Labute approximate surface area is 95.1 Å². The van der Waals surface area contributed by atoms with E-state index in [0.29, 0.717) is 0 Å². The lowest BCUT2D eigenvalue weighted by atomic mass is 10.1. The van der Waals surface area contributed by atoms with E-state index < -0.39 is 0 Å². The summed E-state index contributed by atoms with van der Waals surface area (Å²) in [5.41, 5.74) is 7.86. The second kappa shape index (κ2) is 4.06. The van der Waals surface area contributed by atoms with Gasteiger partial charge in [-0.25, -0.2) is 4.98 Å². The summed E-state index contributed by atoms with van der Waals surface area (Å²) in [6.45, 7) is 4.73. The molecule has 0 saturated carbocycles. The molecule has 0 aliphatic rings. The van der Waals surface area contributed by atoms with Crippen molar-refractivity contribution in [2.75, 3.05) is 0 Å². The molecule has 0 spiro atoms. The zero-order valence-corrected chi connectivity index (χ0v) is 9.59. The van der Waals surface area contributed by atoms with Crippen molar-refractivity contribution in [3.8, 4) is 11.3 Å². The molecule has 0 aromatic carbocycles. The van der Waals surface area contributed by atoms with Crippen molar-refractivity contribution in [3.63, 3.8) is 0 Å². The molecule has 2 N–H and O–H groups in total. The number of nitrogens with zero attached hydrogens (tertiary/aromatic N) is 3. The van der Waals surface area contributed by atoms with Crippen molar-refractivity contribution in [1.29, 1.82) is 0 Å². The molecule has 0 bridgehead atoms. The van der Waals surface area contributed by atoms with Crippen molar-refractivity contribution in [3.05, 3.63) is 37.1 Å². The number of hydrogen-bond acceptors (Lipinski definition) is 3. The Morgan fingerprint density at radius 3 is 2.75 bits per heavy atom. The standard InChI is InChI=1S/C12H16N4/c1-12(2,13)8-16-9-15-7-11(16)10-4-3-5-14-6-10/h3-7,9H,8,13H2,1-2H3. The van der Waals surface area contributed by atoms with Gasteiger partial charge in [0.2, 0.25) is 0 Å². The average molecular weight is 216 g/mol. The van der Waals surface area contributed by atoms with E-state index >= 15 is 0 Å². The van der Waals surface area contributed by atoms with E-state index in [0.717, 1.165) is 17.8 Å². The smallest absolute Gasteiger partial charge is 0.0951 e. The molecule has 0 aliphatic carbocycles. The zero-order chi connectivity index (χ0) is 11.6. The van der Waals surface area contributed by atoms with Gasteiger partial charge in [-0.15, -0.1) is 0 Å². The van der Waals surface area contributed by atoms with Crippen molar-refractivity contribution in [2.45, 2.75) is 25.9 Å². The zero-order valence-electron chi connectivity index (χ0n) is 9.59. The fraction of sp³-hybridized carbons (Fsp3) is 0.333. The first kappa shape index (κ1) is 10.8. The second-order valence-electron chi connectivity index (χ2n) is 4.64. The topological polar surface area (TPSA) is 56.7 Å². The van der Waals surface area contributed by atoms with Gasteiger partial charge in [0, 0.05) is 30.0 Å². The summed E-state index contributed by atoms with van der Waals surface area (Å²) in [4.78, 5) is 8.27. The maximum atomic E-state index is 6.01. The quantitative estimate of drug-likeness (QED) is 0.849. The summed E-state index contributed by atoms with van der Waals surface area (Å²) in [6.07, 6.45) is 7.23. The number of rotatable bonds is 3. The van der Waals surface area contributed by atoms with E-state index in [-0.39, 0.29) is 5.54 Å². The van der Waals surface area contributed by atoms with Crippen LogP contribution < -0.4 is 5.73 Å². The SMILES string of the molecule is CC(C)(N)Cn1cncc1-c1cccnc1. The minimum atomic E-state index is -0.252. The fourth-order valence-electron chi connectivity index (χ4n) is 1.64. The molecular weight excluding hydrogens is 200 g/mol. The van der Waals surface area contributed by atoms with Gasteiger partial charge in [0.15, 0.2) is 0 Å². The Kier molecular flexibility index (Phi) is 2.75. The van der Waals surface area contributed by atoms with Gasteiger partial charge in [-0.3, -0.25) is 4.98 Å². The minimum absolute atomic E-state index is 0.252. The van der Waals surface area contributed by atoms with Crippen LogP contribution in [0.2, 0.25) is 0 Å². The van der Waals surface area contributed by atoms with Crippen LogP contribution in [0.3, 0.4) is 0 Å². The minimum Gasteiger partial charge on any atom is -0.329 e. The number of pyridine rings is 1. The fourth-order valence-corrected chi connectivity index (χ4v) is 1.64. The first-order valence-electron chi connectivity index (χ1n) is 5.26. The molecule has 0 aliphatic heterocycles. The summed E-state index contributed by atoms with van der Waals surface area (Å²) < 4.78 is 2.05. The largest absolute Gasteiger partial charge is 0.329 e. The number of aromatic nitrogens is 3.